The van der Waals surface area contributed by atoms with Crippen LogP contribution in [0.15, 0.2) is 12.7 Å². The minimum absolute atomic E-state index is 0.545. The molecular formula is C16H34. The number of hydrogen-bond acceptors (Lipinski definition) is 0. The molecule has 0 radical (unpaired) electrons. The molecule has 0 heterocycles. The largest absolute Gasteiger partial charge is 0.103 e. The molecule has 0 atom stereocenters. The van der Waals surface area contributed by atoms with Gasteiger partial charge in [-0.3, -0.25) is 0 Å². The van der Waals surface area contributed by atoms with E-state index in [1.54, 1.807) is 6.08 Å². The average Bonchev–Trinajstić information content (AvgIpc) is 2.16. The molecule has 0 rings (SSSR count). The van der Waals surface area contributed by atoms with Gasteiger partial charge < -0.3 is 0 Å². The quantitative estimate of drug-likeness (QED) is 0.350. The summed E-state index contributed by atoms with van der Waals surface area (Å²) in [6.07, 6.45) is 13.2. The van der Waals surface area contributed by atoms with Crippen molar-refractivity contribution in [3.63, 3.8) is 0 Å². The monoisotopic (exact) mass is 226 g/mol. The molecule has 0 saturated carbocycles. The minimum Gasteiger partial charge on any atom is -0.103 e. The van der Waals surface area contributed by atoms with Gasteiger partial charge in [0.05, 0.1) is 0 Å². The first-order valence-electron chi connectivity index (χ1n) is 7.05. The first kappa shape index (κ1) is 18.1. The molecule has 0 aromatic heterocycles. The van der Waals surface area contributed by atoms with Crippen molar-refractivity contribution in [2.45, 2.75) is 86.0 Å². The number of unbranched alkanes of at least 4 members (excludes halogenated alkanes) is 6. The van der Waals surface area contributed by atoms with Gasteiger partial charge in [-0.2, -0.15) is 0 Å². The maximum Gasteiger partial charge on any atom is -0.0383 e. The van der Waals surface area contributed by atoms with Crippen molar-refractivity contribution in [1.82, 2.24) is 0 Å². The fraction of sp³-hybridized carbons (Fsp3) is 0.875. The molecule has 16 heavy (non-hydrogen) atoms. The van der Waals surface area contributed by atoms with Gasteiger partial charge in [-0.15, -0.1) is 6.58 Å². The lowest BCUT2D eigenvalue weighted by atomic mass is 9.89. The van der Waals surface area contributed by atoms with Gasteiger partial charge in [-0.05, 0) is 18.8 Å². The van der Waals surface area contributed by atoms with Crippen molar-refractivity contribution < 1.29 is 0 Å². The van der Waals surface area contributed by atoms with Gasteiger partial charge in [-0.25, -0.2) is 0 Å². The molecule has 0 aliphatic heterocycles. The zero-order valence-corrected chi connectivity index (χ0v) is 12.4. The van der Waals surface area contributed by atoms with Gasteiger partial charge in [0.2, 0.25) is 0 Å². The van der Waals surface area contributed by atoms with Gasteiger partial charge in [0.25, 0.3) is 0 Å². The predicted molar refractivity (Wildman–Crippen MR) is 77.9 cm³/mol. The number of hydrogen-bond donors (Lipinski definition) is 0. The van der Waals surface area contributed by atoms with E-state index < -0.39 is 0 Å². The van der Waals surface area contributed by atoms with Crippen LogP contribution < -0.4 is 0 Å². The molecule has 0 fully saturated rings. The van der Waals surface area contributed by atoms with Crippen molar-refractivity contribution >= 4 is 0 Å². The first-order chi connectivity index (χ1) is 7.47. The lowest BCUT2D eigenvalue weighted by molar-refractivity contribution is 0.356. The normalized spacial score (nSPS) is 10.6. The summed E-state index contributed by atoms with van der Waals surface area (Å²) in [5.74, 6) is 0. The van der Waals surface area contributed by atoms with Gasteiger partial charge >= 0.3 is 0 Å². The van der Waals surface area contributed by atoms with Crippen molar-refractivity contribution in [1.29, 1.82) is 0 Å². The zero-order valence-electron chi connectivity index (χ0n) is 12.4. The Labute approximate surface area is 105 Å². The number of rotatable bonds is 7. The Morgan fingerprint density at radius 1 is 0.875 bits per heavy atom. The Morgan fingerprint density at radius 3 is 1.62 bits per heavy atom. The van der Waals surface area contributed by atoms with E-state index in [4.69, 9.17) is 0 Å². The van der Waals surface area contributed by atoms with E-state index in [0.717, 1.165) is 0 Å². The molecule has 0 amide bonds. The van der Waals surface area contributed by atoms with Gasteiger partial charge in [0.1, 0.15) is 0 Å². The fourth-order valence-corrected chi connectivity index (χ4v) is 1.61. The van der Waals surface area contributed by atoms with Gasteiger partial charge in [0.15, 0.2) is 0 Å². The lowest BCUT2D eigenvalue weighted by Crippen LogP contribution is -2.03. The highest BCUT2D eigenvalue weighted by Crippen LogP contribution is 2.22. The summed E-state index contributed by atoms with van der Waals surface area (Å²) in [6.45, 7) is 14.5. The van der Waals surface area contributed by atoms with Crippen LogP contribution in [-0.4, -0.2) is 0 Å². The third-order valence-corrected chi connectivity index (χ3v) is 2.53. The molecule has 0 aromatic carbocycles. The van der Waals surface area contributed by atoms with Crippen LogP contribution in [0.2, 0.25) is 0 Å². The van der Waals surface area contributed by atoms with E-state index in [1.807, 2.05) is 6.92 Å². The van der Waals surface area contributed by atoms with E-state index in [0.29, 0.717) is 5.41 Å². The van der Waals surface area contributed by atoms with Crippen molar-refractivity contribution in [2.24, 2.45) is 5.41 Å². The highest BCUT2D eigenvalue weighted by molar-refractivity contribution is 4.60. The third kappa shape index (κ3) is 23.5. The smallest absolute Gasteiger partial charge is 0.0383 e. The summed E-state index contributed by atoms with van der Waals surface area (Å²) in [4.78, 5) is 0. The minimum atomic E-state index is 0.545. The molecule has 0 bridgehead atoms. The van der Waals surface area contributed by atoms with Crippen LogP contribution in [0, 0.1) is 5.41 Å². The molecule has 0 heteroatoms. The van der Waals surface area contributed by atoms with Crippen LogP contribution in [0.1, 0.15) is 86.0 Å². The second-order valence-corrected chi connectivity index (χ2v) is 5.84. The van der Waals surface area contributed by atoms with Crippen LogP contribution in [0.25, 0.3) is 0 Å². The highest BCUT2D eigenvalue weighted by Gasteiger charge is 2.08. The van der Waals surface area contributed by atoms with Crippen LogP contribution in [0.4, 0.5) is 0 Å². The van der Waals surface area contributed by atoms with Crippen molar-refractivity contribution in [2.75, 3.05) is 0 Å². The Morgan fingerprint density at radius 2 is 1.25 bits per heavy atom. The van der Waals surface area contributed by atoms with Crippen LogP contribution >= 0.6 is 0 Å². The molecule has 98 valence electrons. The molecule has 0 saturated heterocycles. The summed E-state index contributed by atoms with van der Waals surface area (Å²) in [7, 11) is 0. The van der Waals surface area contributed by atoms with Gasteiger partial charge in [-0.1, -0.05) is 78.7 Å². The topological polar surface area (TPSA) is 0 Å². The van der Waals surface area contributed by atoms with Crippen LogP contribution in [-0.2, 0) is 0 Å². The summed E-state index contributed by atoms with van der Waals surface area (Å²) in [6, 6.07) is 0. The lowest BCUT2D eigenvalue weighted by Gasteiger charge is -2.17. The molecule has 0 N–H and O–H groups in total. The SMILES string of the molecule is C=CC.CCCCCCCCCC(C)(C)C. The molecule has 0 nitrogen and oxygen atoms in total. The highest BCUT2D eigenvalue weighted by atomic mass is 14.1. The first-order valence-corrected chi connectivity index (χ1v) is 7.05. The summed E-state index contributed by atoms with van der Waals surface area (Å²) in [5, 5.41) is 0. The summed E-state index contributed by atoms with van der Waals surface area (Å²) in [5.41, 5.74) is 0.545. The molecule has 0 spiro atoms. The molecule has 0 aliphatic carbocycles. The summed E-state index contributed by atoms with van der Waals surface area (Å²) >= 11 is 0. The molecule has 0 unspecified atom stereocenters. The standard InChI is InChI=1S/C13H28.C3H6/c1-5-6-7-8-9-10-11-12-13(2,3)4;1-3-2/h5-12H2,1-4H3;3H,1H2,2H3. The van der Waals surface area contributed by atoms with E-state index in [1.165, 1.54) is 51.4 Å². The fourth-order valence-electron chi connectivity index (χ4n) is 1.61. The molecule has 0 aliphatic rings. The van der Waals surface area contributed by atoms with Gasteiger partial charge in [0, 0.05) is 0 Å². The Kier molecular flexibility index (Phi) is 14.5. The molecular weight excluding hydrogens is 192 g/mol. The van der Waals surface area contributed by atoms with E-state index in [2.05, 4.69) is 34.3 Å². The Balaban J connectivity index is 0. The molecule has 0 aromatic rings. The van der Waals surface area contributed by atoms with E-state index in [-0.39, 0.29) is 0 Å². The van der Waals surface area contributed by atoms with E-state index >= 15 is 0 Å². The second-order valence-electron chi connectivity index (χ2n) is 5.84. The van der Waals surface area contributed by atoms with Crippen LogP contribution in [0.3, 0.4) is 0 Å². The maximum atomic E-state index is 3.36. The predicted octanol–water partition coefficient (Wildman–Crippen LogP) is 6.37. The van der Waals surface area contributed by atoms with Crippen molar-refractivity contribution in [3.8, 4) is 0 Å². The summed E-state index contributed by atoms with van der Waals surface area (Å²) < 4.78 is 0. The van der Waals surface area contributed by atoms with E-state index in [9.17, 15) is 0 Å². The maximum absolute atomic E-state index is 3.36. The second kappa shape index (κ2) is 12.8. The average molecular weight is 226 g/mol. The van der Waals surface area contributed by atoms with Crippen molar-refractivity contribution in [3.05, 3.63) is 12.7 Å². The number of allylic oxidation sites excluding steroid dienone is 1. The van der Waals surface area contributed by atoms with Crippen LogP contribution in [0.5, 0.6) is 0 Å². The Bertz CT molecular complexity index is 127. The zero-order chi connectivity index (χ0) is 12.9. The third-order valence-electron chi connectivity index (χ3n) is 2.53. The Hall–Kier alpha value is -0.260.